The molecule has 0 atom stereocenters. The predicted octanol–water partition coefficient (Wildman–Crippen LogP) is 1.73. The van der Waals surface area contributed by atoms with Crippen molar-refractivity contribution in [3.8, 4) is 0 Å². The topological polar surface area (TPSA) is 15.7 Å². The van der Waals surface area contributed by atoms with Gasteiger partial charge in [-0.3, -0.25) is 4.90 Å². The van der Waals surface area contributed by atoms with Crippen LogP contribution in [0.3, 0.4) is 0 Å². The van der Waals surface area contributed by atoms with Gasteiger partial charge in [0.15, 0.2) is 0 Å². The van der Waals surface area contributed by atoms with E-state index in [0.29, 0.717) is 0 Å². The van der Waals surface area contributed by atoms with Crippen molar-refractivity contribution in [1.82, 2.24) is 9.80 Å². The van der Waals surface area contributed by atoms with Crippen LogP contribution in [0, 0.1) is 0 Å². The summed E-state index contributed by atoms with van der Waals surface area (Å²) in [7, 11) is 3.90. The Morgan fingerprint density at radius 2 is 1.94 bits per heavy atom. The molecule has 3 heteroatoms. The van der Waals surface area contributed by atoms with Gasteiger partial charge in [-0.2, -0.15) is 0 Å². The first-order chi connectivity index (χ1) is 7.76. The number of ether oxygens (including phenoxy) is 1. The van der Waals surface area contributed by atoms with E-state index >= 15 is 0 Å². The molecule has 1 fully saturated rings. The van der Waals surface area contributed by atoms with E-state index < -0.39 is 0 Å². The Kier molecular flexibility index (Phi) is 6.19. The zero-order valence-electron chi connectivity index (χ0n) is 10.8. The van der Waals surface area contributed by atoms with Crippen LogP contribution in [0.4, 0.5) is 0 Å². The van der Waals surface area contributed by atoms with Gasteiger partial charge in [-0.25, -0.2) is 0 Å². The van der Waals surface area contributed by atoms with Crippen molar-refractivity contribution in [1.29, 1.82) is 0 Å². The third-order valence-electron chi connectivity index (χ3n) is 2.88. The van der Waals surface area contributed by atoms with Gasteiger partial charge in [-0.05, 0) is 25.6 Å². The van der Waals surface area contributed by atoms with E-state index in [2.05, 4.69) is 42.0 Å². The number of hydrogen-bond donors (Lipinski definition) is 0. The molecule has 1 heterocycles. The van der Waals surface area contributed by atoms with Crippen molar-refractivity contribution >= 4 is 0 Å². The molecule has 0 amide bonds. The smallest absolute Gasteiger partial charge is 0.114 e. The fraction of sp³-hybridized carbons (Fsp3) is 0.692. The largest absolute Gasteiger partial charge is 0.497 e. The molecule has 0 saturated carbocycles. The van der Waals surface area contributed by atoms with Gasteiger partial charge >= 0.3 is 0 Å². The number of methoxy groups -OCH3 is 1. The Morgan fingerprint density at radius 1 is 1.25 bits per heavy atom. The molecular weight excluding hydrogens is 200 g/mol. The summed E-state index contributed by atoms with van der Waals surface area (Å²) in [5, 5.41) is 0. The summed E-state index contributed by atoms with van der Waals surface area (Å²) in [4.78, 5) is 4.84. The van der Waals surface area contributed by atoms with Crippen LogP contribution in [0.1, 0.15) is 13.3 Å². The van der Waals surface area contributed by atoms with E-state index in [9.17, 15) is 0 Å². The molecule has 16 heavy (non-hydrogen) atoms. The molecular formula is C13H24N2O. The van der Waals surface area contributed by atoms with Gasteiger partial charge in [0.05, 0.1) is 7.11 Å². The predicted molar refractivity (Wildman–Crippen MR) is 68.5 cm³/mol. The van der Waals surface area contributed by atoms with Crippen molar-refractivity contribution in [3.05, 3.63) is 24.0 Å². The minimum atomic E-state index is 0.969. The summed E-state index contributed by atoms with van der Waals surface area (Å²) in [6.45, 7) is 7.83. The Hall–Kier alpha value is -0.800. The number of rotatable bonds is 5. The second-order valence-corrected chi connectivity index (χ2v) is 4.23. The van der Waals surface area contributed by atoms with Gasteiger partial charge in [0.25, 0.3) is 0 Å². The second kappa shape index (κ2) is 7.47. The van der Waals surface area contributed by atoms with E-state index in [4.69, 9.17) is 4.74 Å². The first kappa shape index (κ1) is 13.3. The van der Waals surface area contributed by atoms with Crippen LogP contribution in [-0.4, -0.2) is 56.7 Å². The second-order valence-electron chi connectivity index (χ2n) is 4.23. The van der Waals surface area contributed by atoms with E-state index in [-0.39, 0.29) is 0 Å². The number of nitrogens with zero attached hydrogens (tertiary/aromatic N) is 2. The van der Waals surface area contributed by atoms with Crippen LogP contribution in [0.15, 0.2) is 24.0 Å². The van der Waals surface area contributed by atoms with Crippen LogP contribution in [-0.2, 0) is 4.74 Å². The summed E-state index contributed by atoms with van der Waals surface area (Å²) >= 11 is 0. The Balaban J connectivity index is 2.28. The molecule has 0 aromatic rings. The molecule has 0 aliphatic carbocycles. The number of allylic oxidation sites excluding steroid dienone is 2. The minimum Gasteiger partial charge on any atom is -0.497 e. The highest BCUT2D eigenvalue weighted by atomic mass is 16.5. The normalized spacial score (nSPS) is 20.6. The third-order valence-corrected chi connectivity index (χ3v) is 2.88. The molecule has 1 aliphatic heterocycles. The van der Waals surface area contributed by atoms with Crippen molar-refractivity contribution < 1.29 is 4.74 Å². The maximum atomic E-state index is 5.24. The first-order valence-electron chi connectivity index (χ1n) is 6.08. The SMILES string of the molecule is CC/C=C(\C=C/CN1CCN(C)CC1)OC. The maximum absolute atomic E-state index is 5.24. The highest BCUT2D eigenvalue weighted by Gasteiger charge is 2.11. The quantitative estimate of drug-likeness (QED) is 0.522. The number of piperazine rings is 1. The van der Waals surface area contributed by atoms with Gasteiger partial charge in [-0.15, -0.1) is 0 Å². The molecule has 0 unspecified atom stereocenters. The molecule has 0 spiro atoms. The maximum Gasteiger partial charge on any atom is 0.114 e. The number of likely N-dealkylation sites (N-methyl/N-ethyl adjacent to an activating group) is 1. The Labute approximate surface area is 99.4 Å². The zero-order chi connectivity index (χ0) is 11.8. The molecule has 1 rings (SSSR count). The fourth-order valence-corrected chi connectivity index (χ4v) is 1.77. The van der Waals surface area contributed by atoms with E-state index in [1.807, 2.05) is 0 Å². The summed E-state index contributed by atoms with van der Waals surface area (Å²) in [5.41, 5.74) is 0. The van der Waals surface area contributed by atoms with Crippen LogP contribution >= 0.6 is 0 Å². The van der Waals surface area contributed by atoms with Gasteiger partial charge in [0.1, 0.15) is 5.76 Å². The van der Waals surface area contributed by atoms with Crippen molar-refractivity contribution in [2.24, 2.45) is 0 Å². The van der Waals surface area contributed by atoms with Gasteiger partial charge in [-0.1, -0.05) is 13.0 Å². The van der Waals surface area contributed by atoms with Crippen molar-refractivity contribution in [2.75, 3.05) is 46.9 Å². The molecule has 0 aromatic carbocycles. The highest BCUT2D eigenvalue weighted by molar-refractivity contribution is 5.12. The van der Waals surface area contributed by atoms with Gasteiger partial charge in [0, 0.05) is 32.7 Å². The average Bonchev–Trinajstić information content (AvgIpc) is 2.30. The lowest BCUT2D eigenvalue weighted by Gasteiger charge is -2.31. The molecule has 0 N–H and O–H groups in total. The lowest BCUT2D eigenvalue weighted by molar-refractivity contribution is 0.166. The minimum absolute atomic E-state index is 0.969. The standard InChI is InChI=1S/C13H24N2O/c1-4-6-13(16-3)7-5-8-15-11-9-14(2)10-12-15/h5-7H,4,8-12H2,1-3H3/b7-5-,13-6+. The first-order valence-corrected chi connectivity index (χ1v) is 6.08. The lowest BCUT2D eigenvalue weighted by Crippen LogP contribution is -2.44. The fourth-order valence-electron chi connectivity index (χ4n) is 1.77. The summed E-state index contributed by atoms with van der Waals surface area (Å²) < 4.78 is 5.24. The van der Waals surface area contributed by atoms with Gasteiger partial charge < -0.3 is 9.64 Å². The average molecular weight is 224 g/mol. The highest BCUT2D eigenvalue weighted by Crippen LogP contribution is 2.02. The molecule has 1 aliphatic rings. The molecule has 3 nitrogen and oxygen atoms in total. The van der Waals surface area contributed by atoms with E-state index in [1.54, 1.807) is 7.11 Å². The monoisotopic (exact) mass is 224 g/mol. The van der Waals surface area contributed by atoms with Crippen LogP contribution in [0.5, 0.6) is 0 Å². The summed E-state index contributed by atoms with van der Waals surface area (Å²) in [5.74, 6) is 0.969. The van der Waals surface area contributed by atoms with Crippen molar-refractivity contribution in [3.63, 3.8) is 0 Å². The molecule has 0 bridgehead atoms. The zero-order valence-corrected chi connectivity index (χ0v) is 10.8. The van der Waals surface area contributed by atoms with Crippen LogP contribution in [0.25, 0.3) is 0 Å². The van der Waals surface area contributed by atoms with E-state index in [0.717, 1.165) is 18.7 Å². The Morgan fingerprint density at radius 3 is 2.50 bits per heavy atom. The Bertz CT molecular complexity index is 240. The summed E-state index contributed by atoms with van der Waals surface area (Å²) in [6.07, 6.45) is 7.38. The van der Waals surface area contributed by atoms with Gasteiger partial charge in [0.2, 0.25) is 0 Å². The van der Waals surface area contributed by atoms with Crippen molar-refractivity contribution in [2.45, 2.75) is 13.3 Å². The summed E-state index contributed by atoms with van der Waals surface area (Å²) in [6, 6.07) is 0. The lowest BCUT2D eigenvalue weighted by atomic mass is 10.3. The molecule has 1 saturated heterocycles. The molecule has 92 valence electrons. The third kappa shape index (κ3) is 4.81. The molecule has 0 radical (unpaired) electrons. The number of hydrogen-bond acceptors (Lipinski definition) is 3. The van der Waals surface area contributed by atoms with Crippen LogP contribution < -0.4 is 0 Å². The molecule has 0 aromatic heterocycles. The van der Waals surface area contributed by atoms with Crippen LogP contribution in [0.2, 0.25) is 0 Å². The van der Waals surface area contributed by atoms with E-state index in [1.165, 1.54) is 26.2 Å².